The molecule has 2 aliphatic rings. The molecule has 3 rings (SSSR count). The molecule has 0 aliphatic carbocycles. The predicted molar refractivity (Wildman–Crippen MR) is 76.2 cm³/mol. The van der Waals surface area contributed by atoms with Gasteiger partial charge in [-0.05, 0) is 12.1 Å². The molecule has 0 bridgehead atoms. The van der Waals surface area contributed by atoms with E-state index in [2.05, 4.69) is 4.90 Å². The van der Waals surface area contributed by atoms with Gasteiger partial charge in [-0.2, -0.15) is 0 Å². The third-order valence-corrected chi connectivity index (χ3v) is 3.81. The van der Waals surface area contributed by atoms with E-state index >= 15 is 0 Å². The average Bonchev–Trinajstić information content (AvgIpc) is 2.94. The van der Waals surface area contributed by atoms with Crippen LogP contribution >= 0.6 is 0 Å². The zero-order valence-corrected chi connectivity index (χ0v) is 12.0. The highest BCUT2D eigenvalue weighted by molar-refractivity contribution is 5.78. The molecule has 5 nitrogen and oxygen atoms in total. The van der Waals surface area contributed by atoms with Crippen LogP contribution in [0.4, 0.5) is 5.69 Å². The van der Waals surface area contributed by atoms with E-state index in [9.17, 15) is 4.79 Å². The molecule has 1 amide bonds. The molecule has 0 unspecified atom stereocenters. The van der Waals surface area contributed by atoms with Crippen LogP contribution in [0.1, 0.15) is 13.8 Å². The van der Waals surface area contributed by atoms with Crippen molar-refractivity contribution in [2.24, 2.45) is 5.92 Å². The third kappa shape index (κ3) is 2.40. The SMILES string of the molecule is CC(C)C(=O)N1CCN(c2ccc3c(c2)OCO3)CC1. The minimum absolute atomic E-state index is 0.0760. The van der Waals surface area contributed by atoms with Gasteiger partial charge in [0, 0.05) is 43.9 Å². The van der Waals surface area contributed by atoms with Crippen molar-refractivity contribution >= 4 is 11.6 Å². The molecule has 0 radical (unpaired) electrons. The molecule has 2 aliphatic heterocycles. The van der Waals surface area contributed by atoms with Crippen molar-refractivity contribution in [1.82, 2.24) is 4.90 Å². The van der Waals surface area contributed by atoms with E-state index in [1.165, 1.54) is 0 Å². The number of piperazine rings is 1. The number of carbonyl (C=O) groups excluding carboxylic acids is 1. The van der Waals surface area contributed by atoms with Crippen molar-refractivity contribution in [2.75, 3.05) is 37.9 Å². The zero-order valence-electron chi connectivity index (χ0n) is 12.0. The minimum Gasteiger partial charge on any atom is -0.454 e. The molecule has 1 fully saturated rings. The summed E-state index contributed by atoms with van der Waals surface area (Å²) >= 11 is 0. The third-order valence-electron chi connectivity index (χ3n) is 3.81. The fourth-order valence-electron chi connectivity index (χ4n) is 2.63. The van der Waals surface area contributed by atoms with Crippen LogP contribution in [0, 0.1) is 5.92 Å². The Bertz CT molecular complexity index is 508. The van der Waals surface area contributed by atoms with Gasteiger partial charge in [-0.25, -0.2) is 0 Å². The summed E-state index contributed by atoms with van der Waals surface area (Å²) in [6.45, 7) is 7.49. The Hall–Kier alpha value is -1.91. The topological polar surface area (TPSA) is 42.0 Å². The summed E-state index contributed by atoms with van der Waals surface area (Å²) in [5, 5.41) is 0. The van der Waals surface area contributed by atoms with Crippen molar-refractivity contribution in [1.29, 1.82) is 0 Å². The number of hydrogen-bond acceptors (Lipinski definition) is 4. The lowest BCUT2D eigenvalue weighted by Gasteiger charge is -2.36. The molecule has 108 valence electrons. The number of ether oxygens (including phenoxy) is 2. The van der Waals surface area contributed by atoms with Crippen LogP contribution in [0.5, 0.6) is 11.5 Å². The lowest BCUT2D eigenvalue weighted by atomic mass is 10.1. The highest BCUT2D eigenvalue weighted by atomic mass is 16.7. The first-order chi connectivity index (χ1) is 9.65. The number of rotatable bonds is 2. The number of benzene rings is 1. The fraction of sp³-hybridized carbons (Fsp3) is 0.533. The molecule has 2 heterocycles. The summed E-state index contributed by atoms with van der Waals surface area (Å²) in [5.41, 5.74) is 1.13. The molecule has 20 heavy (non-hydrogen) atoms. The number of hydrogen-bond donors (Lipinski definition) is 0. The summed E-state index contributed by atoms with van der Waals surface area (Å²) < 4.78 is 10.7. The standard InChI is InChI=1S/C15H20N2O3/c1-11(2)15(18)17-7-5-16(6-8-17)12-3-4-13-14(9-12)20-10-19-13/h3-4,9,11H,5-8,10H2,1-2H3. The quantitative estimate of drug-likeness (QED) is 0.825. The van der Waals surface area contributed by atoms with Crippen LogP contribution in [-0.4, -0.2) is 43.8 Å². The molecule has 1 saturated heterocycles. The summed E-state index contributed by atoms with van der Waals surface area (Å²) in [6.07, 6.45) is 0. The fourth-order valence-corrected chi connectivity index (χ4v) is 2.63. The van der Waals surface area contributed by atoms with Gasteiger partial charge in [0.05, 0.1) is 0 Å². The van der Waals surface area contributed by atoms with Crippen molar-refractivity contribution in [3.05, 3.63) is 18.2 Å². The van der Waals surface area contributed by atoms with Gasteiger partial charge in [0.1, 0.15) is 0 Å². The van der Waals surface area contributed by atoms with Crippen molar-refractivity contribution in [3.8, 4) is 11.5 Å². The molecule has 1 aromatic rings. The van der Waals surface area contributed by atoms with E-state index in [1.54, 1.807) is 0 Å². The first-order valence-electron chi connectivity index (χ1n) is 7.08. The molecule has 1 aromatic carbocycles. The van der Waals surface area contributed by atoms with E-state index in [-0.39, 0.29) is 11.8 Å². The van der Waals surface area contributed by atoms with Gasteiger partial charge in [-0.15, -0.1) is 0 Å². The van der Waals surface area contributed by atoms with Crippen LogP contribution < -0.4 is 14.4 Å². The Morgan fingerprint density at radius 3 is 2.50 bits per heavy atom. The highest BCUT2D eigenvalue weighted by Crippen LogP contribution is 2.35. The van der Waals surface area contributed by atoms with Crippen LogP contribution in [0.25, 0.3) is 0 Å². The second kappa shape index (κ2) is 5.23. The molecule has 0 spiro atoms. The Labute approximate surface area is 119 Å². The van der Waals surface area contributed by atoms with E-state index < -0.39 is 0 Å². The maximum absolute atomic E-state index is 12.0. The summed E-state index contributed by atoms with van der Waals surface area (Å²) in [6, 6.07) is 6.01. The Morgan fingerprint density at radius 1 is 1.10 bits per heavy atom. The number of nitrogens with zero attached hydrogens (tertiary/aromatic N) is 2. The smallest absolute Gasteiger partial charge is 0.231 e. The van der Waals surface area contributed by atoms with Crippen molar-refractivity contribution in [3.63, 3.8) is 0 Å². The second-order valence-corrected chi connectivity index (χ2v) is 5.50. The normalized spacial score (nSPS) is 17.8. The van der Waals surface area contributed by atoms with E-state index in [1.807, 2.05) is 36.9 Å². The first-order valence-corrected chi connectivity index (χ1v) is 7.08. The predicted octanol–water partition coefficient (Wildman–Crippen LogP) is 1.72. The minimum atomic E-state index is 0.0760. The van der Waals surface area contributed by atoms with Crippen molar-refractivity contribution < 1.29 is 14.3 Å². The van der Waals surface area contributed by atoms with E-state index in [4.69, 9.17) is 9.47 Å². The molecule has 0 saturated carbocycles. The Kier molecular flexibility index (Phi) is 3.42. The monoisotopic (exact) mass is 276 g/mol. The zero-order chi connectivity index (χ0) is 14.1. The molecule has 0 atom stereocenters. The lowest BCUT2D eigenvalue weighted by Crippen LogP contribution is -2.49. The van der Waals surface area contributed by atoms with E-state index in [0.717, 1.165) is 43.4 Å². The molecule has 5 heteroatoms. The molecular formula is C15H20N2O3. The molecule has 0 aromatic heterocycles. The van der Waals surface area contributed by atoms with Gasteiger partial charge in [0.2, 0.25) is 12.7 Å². The van der Waals surface area contributed by atoms with Crippen LogP contribution in [0.15, 0.2) is 18.2 Å². The Morgan fingerprint density at radius 2 is 1.80 bits per heavy atom. The van der Waals surface area contributed by atoms with E-state index in [0.29, 0.717) is 6.79 Å². The highest BCUT2D eigenvalue weighted by Gasteiger charge is 2.24. The molecular weight excluding hydrogens is 256 g/mol. The first kappa shape index (κ1) is 13.1. The Balaban J connectivity index is 1.65. The van der Waals surface area contributed by atoms with Gasteiger partial charge in [-0.1, -0.05) is 13.8 Å². The summed E-state index contributed by atoms with van der Waals surface area (Å²) in [4.78, 5) is 16.2. The average molecular weight is 276 g/mol. The van der Waals surface area contributed by atoms with Crippen LogP contribution in [-0.2, 0) is 4.79 Å². The number of fused-ring (bicyclic) bond motifs is 1. The van der Waals surface area contributed by atoms with Gasteiger partial charge < -0.3 is 19.3 Å². The van der Waals surface area contributed by atoms with Crippen molar-refractivity contribution in [2.45, 2.75) is 13.8 Å². The van der Waals surface area contributed by atoms with Gasteiger partial charge in [0.15, 0.2) is 11.5 Å². The summed E-state index contributed by atoms with van der Waals surface area (Å²) in [7, 11) is 0. The number of carbonyl (C=O) groups is 1. The van der Waals surface area contributed by atoms with Gasteiger partial charge >= 0.3 is 0 Å². The van der Waals surface area contributed by atoms with Gasteiger partial charge in [0.25, 0.3) is 0 Å². The summed E-state index contributed by atoms with van der Waals surface area (Å²) in [5.74, 6) is 1.94. The van der Waals surface area contributed by atoms with Crippen LogP contribution in [0.2, 0.25) is 0 Å². The number of anilines is 1. The number of amides is 1. The lowest BCUT2D eigenvalue weighted by molar-refractivity contribution is -0.134. The van der Waals surface area contributed by atoms with Crippen LogP contribution in [0.3, 0.4) is 0 Å². The maximum atomic E-state index is 12.0. The molecule has 0 N–H and O–H groups in total. The maximum Gasteiger partial charge on any atom is 0.231 e. The van der Waals surface area contributed by atoms with Gasteiger partial charge in [-0.3, -0.25) is 4.79 Å². The second-order valence-electron chi connectivity index (χ2n) is 5.50. The largest absolute Gasteiger partial charge is 0.454 e.